The maximum absolute atomic E-state index is 12.3. The number of pyridine rings is 1. The number of aromatic nitrogens is 2. The van der Waals surface area contributed by atoms with Crippen LogP contribution in [-0.4, -0.2) is 28.4 Å². The summed E-state index contributed by atoms with van der Waals surface area (Å²) >= 11 is 1.40. The first-order valence-electron chi connectivity index (χ1n) is 6.09. The van der Waals surface area contributed by atoms with Crippen molar-refractivity contribution in [3.05, 3.63) is 52.5 Å². The van der Waals surface area contributed by atoms with Crippen molar-refractivity contribution in [2.45, 2.75) is 0 Å². The number of hydrogen-bond donors (Lipinski definition) is 1. The third kappa shape index (κ3) is 2.63. The second kappa shape index (κ2) is 5.37. The molecule has 0 fully saturated rings. The average molecular weight is 301 g/mol. The molecule has 0 aliphatic rings. The van der Waals surface area contributed by atoms with Crippen molar-refractivity contribution >= 4 is 34.7 Å². The van der Waals surface area contributed by atoms with Gasteiger partial charge in [0, 0.05) is 11.8 Å². The number of anilines is 1. The lowest BCUT2D eigenvalue weighted by molar-refractivity contribution is 0.104. The van der Waals surface area contributed by atoms with E-state index in [2.05, 4.69) is 15.0 Å². The number of fused-ring (bicyclic) bond motifs is 1. The molecule has 0 aliphatic heterocycles. The molecule has 1 amide bonds. The number of ether oxygens (including phenoxy) is 1. The summed E-state index contributed by atoms with van der Waals surface area (Å²) in [6.45, 7) is 0. The highest BCUT2D eigenvalue weighted by Gasteiger charge is 2.12. The molecule has 7 heteroatoms. The molecule has 0 radical (unpaired) electrons. The number of ketones is 1. The first-order valence-corrected chi connectivity index (χ1v) is 6.97. The largest absolute Gasteiger partial charge is 0.453 e. The molecule has 21 heavy (non-hydrogen) atoms. The molecule has 0 bridgehead atoms. The zero-order valence-corrected chi connectivity index (χ0v) is 11.9. The number of imidazole rings is 1. The van der Waals surface area contributed by atoms with Crippen LogP contribution in [0.15, 0.2) is 42.0 Å². The monoisotopic (exact) mass is 301 g/mol. The van der Waals surface area contributed by atoms with E-state index in [0.717, 1.165) is 0 Å². The van der Waals surface area contributed by atoms with Gasteiger partial charge in [-0.1, -0.05) is 6.07 Å². The lowest BCUT2D eigenvalue weighted by Crippen LogP contribution is -2.10. The Morgan fingerprint density at radius 3 is 2.86 bits per heavy atom. The summed E-state index contributed by atoms with van der Waals surface area (Å²) in [5.41, 5.74) is 1.19. The van der Waals surface area contributed by atoms with Gasteiger partial charge in [0.05, 0.1) is 18.2 Å². The van der Waals surface area contributed by atoms with Crippen molar-refractivity contribution in [2.75, 3.05) is 12.4 Å². The Morgan fingerprint density at radius 1 is 1.29 bits per heavy atom. The maximum Gasteiger partial charge on any atom is 0.412 e. The van der Waals surface area contributed by atoms with Crippen LogP contribution in [0.25, 0.3) is 5.65 Å². The van der Waals surface area contributed by atoms with Crippen LogP contribution >= 0.6 is 11.3 Å². The van der Waals surface area contributed by atoms with Crippen molar-refractivity contribution in [3.63, 3.8) is 0 Å². The molecule has 0 spiro atoms. The van der Waals surface area contributed by atoms with Crippen molar-refractivity contribution < 1.29 is 14.3 Å². The lowest BCUT2D eigenvalue weighted by atomic mass is 10.1. The van der Waals surface area contributed by atoms with E-state index in [0.29, 0.717) is 21.9 Å². The van der Waals surface area contributed by atoms with E-state index in [1.807, 2.05) is 11.4 Å². The van der Waals surface area contributed by atoms with Crippen molar-refractivity contribution in [2.24, 2.45) is 0 Å². The Bertz CT molecular complexity index is 808. The van der Waals surface area contributed by atoms with E-state index in [1.165, 1.54) is 18.4 Å². The molecular weight excluding hydrogens is 290 g/mol. The summed E-state index contributed by atoms with van der Waals surface area (Å²) in [6, 6.07) is 7.07. The maximum atomic E-state index is 12.3. The van der Waals surface area contributed by atoms with E-state index >= 15 is 0 Å². The van der Waals surface area contributed by atoms with Crippen LogP contribution in [0, 0.1) is 0 Å². The Kier molecular flexibility index (Phi) is 3.41. The van der Waals surface area contributed by atoms with Crippen LogP contribution in [0.1, 0.15) is 15.2 Å². The molecule has 0 saturated heterocycles. The van der Waals surface area contributed by atoms with E-state index < -0.39 is 6.09 Å². The van der Waals surface area contributed by atoms with Crippen molar-refractivity contribution in [1.29, 1.82) is 0 Å². The molecule has 106 valence electrons. The molecule has 0 saturated carbocycles. The summed E-state index contributed by atoms with van der Waals surface area (Å²) in [6.07, 6.45) is 2.72. The van der Waals surface area contributed by atoms with Gasteiger partial charge in [0.15, 0.2) is 5.82 Å². The quantitative estimate of drug-likeness (QED) is 0.755. The van der Waals surface area contributed by atoms with Crippen LogP contribution in [0.5, 0.6) is 0 Å². The number of amides is 1. The van der Waals surface area contributed by atoms with E-state index in [-0.39, 0.29) is 5.78 Å². The highest BCUT2D eigenvalue weighted by molar-refractivity contribution is 7.12. The summed E-state index contributed by atoms with van der Waals surface area (Å²) in [7, 11) is 1.28. The van der Waals surface area contributed by atoms with Crippen LogP contribution in [0.2, 0.25) is 0 Å². The van der Waals surface area contributed by atoms with Gasteiger partial charge in [-0.2, -0.15) is 0 Å². The minimum absolute atomic E-state index is 0.0388. The first kappa shape index (κ1) is 13.3. The average Bonchev–Trinajstić information content (AvgIpc) is 3.14. The molecule has 0 aromatic carbocycles. The topological polar surface area (TPSA) is 72.7 Å². The zero-order chi connectivity index (χ0) is 14.8. The van der Waals surface area contributed by atoms with Gasteiger partial charge in [0.25, 0.3) is 0 Å². The smallest absolute Gasteiger partial charge is 0.412 e. The number of methoxy groups -OCH3 is 1. The van der Waals surface area contributed by atoms with Gasteiger partial charge >= 0.3 is 6.09 Å². The number of carbonyl (C=O) groups is 2. The number of hydrogen-bond acceptors (Lipinski definition) is 5. The molecule has 0 unspecified atom stereocenters. The van der Waals surface area contributed by atoms with E-state index in [9.17, 15) is 9.59 Å². The van der Waals surface area contributed by atoms with Crippen LogP contribution in [-0.2, 0) is 4.74 Å². The summed E-state index contributed by atoms with van der Waals surface area (Å²) < 4.78 is 6.20. The number of carbonyl (C=O) groups excluding carboxylic acids is 2. The van der Waals surface area contributed by atoms with Crippen LogP contribution < -0.4 is 5.32 Å². The fourth-order valence-corrected chi connectivity index (χ4v) is 2.58. The summed E-state index contributed by atoms with van der Waals surface area (Å²) in [4.78, 5) is 28.3. The molecule has 0 atom stereocenters. The number of thiophene rings is 1. The van der Waals surface area contributed by atoms with Crippen molar-refractivity contribution in [1.82, 2.24) is 9.38 Å². The minimum Gasteiger partial charge on any atom is -0.453 e. The first-order chi connectivity index (χ1) is 10.2. The number of rotatable bonds is 3. The highest BCUT2D eigenvalue weighted by Crippen LogP contribution is 2.17. The SMILES string of the molecule is COC(=O)Nc1cn2cc(C(=O)c3cccs3)ccc2n1. The van der Waals surface area contributed by atoms with Gasteiger partial charge in [-0.15, -0.1) is 11.3 Å². The molecule has 3 rings (SSSR count). The molecule has 3 aromatic heterocycles. The molecule has 3 aromatic rings. The standard InChI is InChI=1S/C14H11N3O3S/c1-20-14(19)16-11-8-17-7-9(4-5-12(17)15-11)13(18)10-3-2-6-21-10/h2-8H,1H3,(H,16,19). The fraction of sp³-hybridized carbons (Fsp3) is 0.0714. The predicted molar refractivity (Wildman–Crippen MR) is 79.0 cm³/mol. The number of nitrogens with zero attached hydrogens (tertiary/aromatic N) is 2. The fourth-order valence-electron chi connectivity index (χ4n) is 1.89. The second-order valence-corrected chi connectivity index (χ2v) is 5.18. The molecule has 0 aliphatic carbocycles. The van der Waals surface area contributed by atoms with Gasteiger partial charge in [0.1, 0.15) is 5.65 Å². The molecule has 1 N–H and O–H groups in total. The Morgan fingerprint density at radius 2 is 2.14 bits per heavy atom. The minimum atomic E-state index is -0.590. The highest BCUT2D eigenvalue weighted by atomic mass is 32.1. The molecule has 6 nitrogen and oxygen atoms in total. The predicted octanol–water partition coefficient (Wildman–Crippen LogP) is 2.81. The van der Waals surface area contributed by atoms with Gasteiger partial charge in [-0.25, -0.2) is 9.78 Å². The van der Waals surface area contributed by atoms with Crippen LogP contribution in [0.4, 0.5) is 10.6 Å². The third-order valence-corrected chi connectivity index (χ3v) is 3.74. The van der Waals surface area contributed by atoms with Gasteiger partial charge in [-0.3, -0.25) is 10.1 Å². The van der Waals surface area contributed by atoms with Gasteiger partial charge in [0.2, 0.25) is 5.78 Å². The summed E-state index contributed by atoms with van der Waals surface area (Å²) in [5, 5.41) is 4.34. The summed E-state index contributed by atoms with van der Waals surface area (Å²) in [5.74, 6) is 0.325. The normalized spacial score (nSPS) is 10.5. The third-order valence-electron chi connectivity index (χ3n) is 2.87. The Balaban J connectivity index is 1.93. The second-order valence-electron chi connectivity index (χ2n) is 4.23. The molecule has 3 heterocycles. The lowest BCUT2D eigenvalue weighted by Gasteiger charge is -1.99. The number of nitrogens with one attached hydrogen (secondary N) is 1. The van der Waals surface area contributed by atoms with Crippen LogP contribution in [0.3, 0.4) is 0 Å². The Hall–Kier alpha value is -2.67. The van der Waals surface area contributed by atoms with E-state index in [4.69, 9.17) is 0 Å². The molecular formula is C14H11N3O3S. The Labute approximate surface area is 124 Å². The van der Waals surface area contributed by atoms with Gasteiger partial charge in [-0.05, 0) is 23.6 Å². The van der Waals surface area contributed by atoms with Gasteiger partial charge < -0.3 is 9.14 Å². The van der Waals surface area contributed by atoms with E-state index in [1.54, 1.807) is 35.0 Å². The van der Waals surface area contributed by atoms with Crippen molar-refractivity contribution in [3.8, 4) is 0 Å². The zero-order valence-electron chi connectivity index (χ0n) is 11.1.